The molecule has 18 heavy (non-hydrogen) atoms. The molecule has 2 nitrogen and oxygen atoms in total. The summed E-state index contributed by atoms with van der Waals surface area (Å²) in [6.07, 6.45) is 2.14. The monoisotopic (exact) mass is 245 g/mol. The number of aliphatic hydroxyl groups is 1. The van der Waals surface area contributed by atoms with Crippen molar-refractivity contribution < 1.29 is 5.11 Å². The smallest absolute Gasteiger partial charge is 0.0894 e. The number of hydrogen-bond acceptors (Lipinski definition) is 2. The van der Waals surface area contributed by atoms with Crippen molar-refractivity contribution in [3.05, 3.63) is 48.2 Å². The average Bonchev–Trinajstić information content (AvgIpc) is 2.33. The minimum Gasteiger partial charge on any atom is -0.513 e. The van der Waals surface area contributed by atoms with Crippen molar-refractivity contribution >= 4 is 0 Å². The van der Waals surface area contributed by atoms with Gasteiger partial charge in [0.2, 0.25) is 0 Å². The Kier molecular flexibility index (Phi) is 3.76. The first-order valence-electron chi connectivity index (χ1n) is 6.66. The SMILES string of the molecule is C=C(O)C1CCC(C)(C)N(Cc2ccccc2)C1. The number of rotatable bonds is 3. The lowest BCUT2D eigenvalue weighted by molar-refractivity contribution is 0.0370. The summed E-state index contributed by atoms with van der Waals surface area (Å²) in [6, 6.07) is 10.5. The van der Waals surface area contributed by atoms with Crippen LogP contribution in [0.5, 0.6) is 0 Å². The summed E-state index contributed by atoms with van der Waals surface area (Å²) < 4.78 is 0. The lowest BCUT2D eigenvalue weighted by Gasteiger charge is -2.45. The second-order valence-electron chi connectivity index (χ2n) is 5.91. The maximum absolute atomic E-state index is 9.61. The van der Waals surface area contributed by atoms with Gasteiger partial charge in [-0.3, -0.25) is 4.90 Å². The van der Waals surface area contributed by atoms with Crippen molar-refractivity contribution in [1.82, 2.24) is 4.90 Å². The molecule has 1 saturated heterocycles. The van der Waals surface area contributed by atoms with E-state index in [0.717, 1.165) is 25.9 Å². The highest BCUT2D eigenvalue weighted by Crippen LogP contribution is 2.33. The Bertz CT molecular complexity index is 410. The molecule has 2 heteroatoms. The first kappa shape index (κ1) is 13.2. The molecule has 1 atom stereocenters. The van der Waals surface area contributed by atoms with Crippen molar-refractivity contribution in [2.75, 3.05) is 6.54 Å². The van der Waals surface area contributed by atoms with Gasteiger partial charge < -0.3 is 5.11 Å². The van der Waals surface area contributed by atoms with Crippen molar-refractivity contribution in [1.29, 1.82) is 0 Å². The highest BCUT2D eigenvalue weighted by molar-refractivity contribution is 5.15. The number of nitrogens with zero attached hydrogens (tertiary/aromatic N) is 1. The first-order chi connectivity index (χ1) is 8.49. The topological polar surface area (TPSA) is 23.5 Å². The molecule has 1 fully saturated rings. The van der Waals surface area contributed by atoms with Crippen LogP contribution in [0, 0.1) is 5.92 Å². The zero-order valence-electron chi connectivity index (χ0n) is 11.4. The lowest BCUT2D eigenvalue weighted by Crippen LogP contribution is -2.50. The second-order valence-corrected chi connectivity index (χ2v) is 5.91. The standard InChI is InChI=1S/C16H23NO/c1-13(18)15-9-10-16(2,3)17(12-15)11-14-7-5-4-6-8-14/h4-8,15,18H,1,9-12H2,2-3H3. The predicted molar refractivity (Wildman–Crippen MR) is 75.4 cm³/mol. The Morgan fingerprint density at radius 2 is 2.06 bits per heavy atom. The van der Waals surface area contributed by atoms with Gasteiger partial charge in [-0.1, -0.05) is 36.9 Å². The van der Waals surface area contributed by atoms with Crippen LogP contribution < -0.4 is 0 Å². The van der Waals surface area contributed by atoms with Crippen molar-refractivity contribution in [2.45, 2.75) is 38.8 Å². The Balaban J connectivity index is 2.10. The van der Waals surface area contributed by atoms with Crippen LogP contribution in [-0.2, 0) is 6.54 Å². The molecule has 1 aromatic rings. The highest BCUT2D eigenvalue weighted by Gasteiger charge is 2.34. The van der Waals surface area contributed by atoms with Crippen LogP contribution in [0.2, 0.25) is 0 Å². The fraction of sp³-hybridized carbons (Fsp3) is 0.500. The van der Waals surface area contributed by atoms with Gasteiger partial charge in [0.05, 0.1) is 5.76 Å². The van der Waals surface area contributed by atoms with Crippen LogP contribution in [0.25, 0.3) is 0 Å². The fourth-order valence-electron chi connectivity index (χ4n) is 2.64. The molecule has 1 aliphatic rings. The summed E-state index contributed by atoms with van der Waals surface area (Å²) in [7, 11) is 0. The third-order valence-corrected chi connectivity index (χ3v) is 4.09. The van der Waals surface area contributed by atoms with E-state index in [-0.39, 0.29) is 11.5 Å². The van der Waals surface area contributed by atoms with Gasteiger partial charge in [-0.25, -0.2) is 0 Å². The maximum Gasteiger partial charge on any atom is 0.0894 e. The summed E-state index contributed by atoms with van der Waals surface area (Å²) in [6.45, 7) is 10.1. The van der Waals surface area contributed by atoms with Gasteiger partial charge in [-0.2, -0.15) is 0 Å². The molecule has 0 amide bonds. The van der Waals surface area contributed by atoms with E-state index in [1.165, 1.54) is 5.56 Å². The summed E-state index contributed by atoms with van der Waals surface area (Å²) in [5, 5.41) is 9.61. The van der Waals surface area contributed by atoms with Gasteiger partial charge in [0.1, 0.15) is 0 Å². The van der Waals surface area contributed by atoms with Crippen molar-refractivity contribution in [3.63, 3.8) is 0 Å². The normalized spacial score (nSPS) is 23.8. The van der Waals surface area contributed by atoms with Gasteiger partial charge in [-0.05, 0) is 32.3 Å². The van der Waals surface area contributed by atoms with Crippen LogP contribution in [0.1, 0.15) is 32.3 Å². The Morgan fingerprint density at radius 3 is 2.67 bits per heavy atom. The lowest BCUT2D eigenvalue weighted by atomic mass is 9.84. The van der Waals surface area contributed by atoms with Crippen LogP contribution >= 0.6 is 0 Å². The third-order valence-electron chi connectivity index (χ3n) is 4.09. The molecule has 1 heterocycles. The van der Waals surface area contributed by atoms with E-state index in [9.17, 15) is 5.11 Å². The first-order valence-corrected chi connectivity index (χ1v) is 6.66. The molecule has 1 N–H and O–H groups in total. The van der Waals surface area contributed by atoms with Gasteiger partial charge in [0.25, 0.3) is 0 Å². The molecule has 0 aromatic heterocycles. The fourth-order valence-corrected chi connectivity index (χ4v) is 2.64. The molecule has 0 bridgehead atoms. The van der Waals surface area contributed by atoms with E-state index in [0.29, 0.717) is 5.76 Å². The Labute approximate surface area is 110 Å². The minimum atomic E-state index is 0.196. The summed E-state index contributed by atoms with van der Waals surface area (Å²) in [4.78, 5) is 2.46. The molecule has 1 aromatic carbocycles. The number of hydrogen-bond donors (Lipinski definition) is 1. The van der Waals surface area contributed by atoms with Gasteiger partial charge in [0, 0.05) is 24.5 Å². The largest absolute Gasteiger partial charge is 0.513 e. The molecule has 0 saturated carbocycles. The molecular weight excluding hydrogens is 222 g/mol. The molecule has 0 aliphatic carbocycles. The zero-order chi connectivity index (χ0) is 13.2. The average molecular weight is 245 g/mol. The minimum absolute atomic E-state index is 0.196. The number of piperidine rings is 1. The third kappa shape index (κ3) is 2.94. The molecule has 98 valence electrons. The Hall–Kier alpha value is -1.28. The van der Waals surface area contributed by atoms with Crippen molar-refractivity contribution in [2.24, 2.45) is 5.92 Å². The molecule has 0 radical (unpaired) electrons. The van der Waals surface area contributed by atoms with Crippen molar-refractivity contribution in [3.8, 4) is 0 Å². The van der Waals surface area contributed by atoms with E-state index in [1.807, 2.05) is 6.07 Å². The maximum atomic E-state index is 9.61. The second kappa shape index (κ2) is 5.15. The number of benzene rings is 1. The van der Waals surface area contributed by atoms with Gasteiger partial charge >= 0.3 is 0 Å². The van der Waals surface area contributed by atoms with Crippen LogP contribution in [0.4, 0.5) is 0 Å². The molecule has 1 aliphatic heterocycles. The van der Waals surface area contributed by atoms with Crippen LogP contribution in [0.3, 0.4) is 0 Å². The summed E-state index contributed by atoms with van der Waals surface area (Å²) in [5.74, 6) is 0.560. The predicted octanol–water partition coefficient (Wildman–Crippen LogP) is 3.75. The quantitative estimate of drug-likeness (QED) is 0.820. The van der Waals surface area contributed by atoms with Crippen LogP contribution in [-0.4, -0.2) is 22.1 Å². The number of aliphatic hydroxyl groups excluding tert-OH is 1. The van der Waals surface area contributed by atoms with E-state index in [1.54, 1.807) is 0 Å². The van der Waals surface area contributed by atoms with E-state index < -0.39 is 0 Å². The summed E-state index contributed by atoms with van der Waals surface area (Å²) >= 11 is 0. The zero-order valence-corrected chi connectivity index (χ0v) is 11.4. The highest BCUT2D eigenvalue weighted by atomic mass is 16.3. The molecule has 2 rings (SSSR count). The molecule has 0 spiro atoms. The van der Waals surface area contributed by atoms with Gasteiger partial charge in [-0.15, -0.1) is 0 Å². The summed E-state index contributed by atoms with van der Waals surface area (Å²) in [5.41, 5.74) is 1.52. The van der Waals surface area contributed by atoms with E-state index in [2.05, 4.69) is 49.6 Å². The van der Waals surface area contributed by atoms with E-state index in [4.69, 9.17) is 0 Å². The van der Waals surface area contributed by atoms with E-state index >= 15 is 0 Å². The van der Waals surface area contributed by atoms with Crippen LogP contribution in [0.15, 0.2) is 42.7 Å². The molecule has 1 unspecified atom stereocenters. The van der Waals surface area contributed by atoms with Gasteiger partial charge in [0.15, 0.2) is 0 Å². The Morgan fingerprint density at radius 1 is 1.39 bits per heavy atom. The number of likely N-dealkylation sites (tertiary alicyclic amines) is 1. The molecular formula is C16H23NO.